The third kappa shape index (κ3) is 4.15. The summed E-state index contributed by atoms with van der Waals surface area (Å²) in [6.07, 6.45) is 1.28. The summed E-state index contributed by atoms with van der Waals surface area (Å²) in [6, 6.07) is 3.10. The smallest absolute Gasteiger partial charge is 0.287 e. The van der Waals surface area contributed by atoms with Crippen LogP contribution in [0.15, 0.2) is 18.3 Å². The normalized spacial score (nSPS) is 17.3. The van der Waals surface area contributed by atoms with Crippen molar-refractivity contribution in [3.8, 4) is 0 Å². The van der Waals surface area contributed by atoms with Crippen LogP contribution >= 0.6 is 0 Å². The summed E-state index contributed by atoms with van der Waals surface area (Å²) in [6.45, 7) is 6.16. The summed E-state index contributed by atoms with van der Waals surface area (Å²) in [5.74, 6) is 0.680. The van der Waals surface area contributed by atoms with Crippen molar-refractivity contribution in [1.29, 1.82) is 0 Å². The fourth-order valence-electron chi connectivity index (χ4n) is 2.01. The molecule has 0 amide bonds. The molecule has 104 valence electrons. The Morgan fingerprint density at radius 1 is 1.37 bits per heavy atom. The fourth-order valence-corrected chi connectivity index (χ4v) is 2.01. The van der Waals surface area contributed by atoms with Gasteiger partial charge in [0.2, 0.25) is 0 Å². The predicted molar refractivity (Wildman–Crippen MR) is 73.3 cm³/mol. The van der Waals surface area contributed by atoms with E-state index in [0.717, 1.165) is 39.3 Å². The number of anilines is 1. The fraction of sp³-hybridized carbons (Fsp3) is 0.583. The predicted octanol–water partition coefficient (Wildman–Crippen LogP) is 0.649. The van der Waals surface area contributed by atoms with E-state index in [2.05, 4.69) is 27.1 Å². The quantitative estimate of drug-likeness (QED) is 0.622. The molecule has 1 aromatic rings. The lowest BCUT2D eigenvalue weighted by Gasteiger charge is -2.32. The van der Waals surface area contributed by atoms with E-state index in [1.165, 1.54) is 12.3 Å². The summed E-state index contributed by atoms with van der Waals surface area (Å²) in [5, 5.41) is 13.7. The van der Waals surface area contributed by atoms with Gasteiger partial charge in [-0.3, -0.25) is 15.0 Å². The van der Waals surface area contributed by atoms with Crippen molar-refractivity contribution >= 4 is 11.5 Å². The number of pyridine rings is 1. The number of hydrogen-bond acceptors (Lipinski definition) is 6. The molecule has 7 nitrogen and oxygen atoms in total. The van der Waals surface area contributed by atoms with Crippen molar-refractivity contribution in [2.75, 3.05) is 51.6 Å². The van der Waals surface area contributed by atoms with Crippen molar-refractivity contribution in [2.24, 2.45) is 0 Å². The zero-order valence-electron chi connectivity index (χ0n) is 11.1. The Labute approximate surface area is 112 Å². The van der Waals surface area contributed by atoms with Gasteiger partial charge in [0.05, 0.1) is 4.92 Å². The minimum atomic E-state index is -0.443. The van der Waals surface area contributed by atoms with Gasteiger partial charge in [-0.15, -0.1) is 0 Å². The van der Waals surface area contributed by atoms with Crippen molar-refractivity contribution < 1.29 is 4.92 Å². The van der Waals surface area contributed by atoms with Gasteiger partial charge in [0.25, 0.3) is 5.69 Å². The average molecular weight is 265 g/mol. The zero-order valence-corrected chi connectivity index (χ0v) is 11.1. The molecule has 0 spiro atoms. The number of hydrogen-bond donors (Lipinski definition) is 1. The molecule has 7 heteroatoms. The maximum absolute atomic E-state index is 10.5. The van der Waals surface area contributed by atoms with Gasteiger partial charge in [0.1, 0.15) is 12.0 Å². The number of rotatable bonds is 5. The van der Waals surface area contributed by atoms with Gasteiger partial charge in [0, 0.05) is 45.3 Å². The van der Waals surface area contributed by atoms with Crippen LogP contribution in [0.1, 0.15) is 0 Å². The second kappa shape index (κ2) is 6.44. The summed E-state index contributed by atoms with van der Waals surface area (Å²) in [7, 11) is 2.14. The molecule has 1 fully saturated rings. The molecule has 1 aromatic heterocycles. The molecule has 0 atom stereocenters. The molecule has 1 aliphatic heterocycles. The van der Waals surface area contributed by atoms with Crippen LogP contribution in [0.5, 0.6) is 0 Å². The Balaban J connectivity index is 1.72. The Morgan fingerprint density at radius 2 is 2.11 bits per heavy atom. The molecule has 0 bridgehead atoms. The molecular weight excluding hydrogens is 246 g/mol. The van der Waals surface area contributed by atoms with E-state index in [1.54, 1.807) is 6.07 Å². The van der Waals surface area contributed by atoms with Crippen molar-refractivity contribution in [3.05, 3.63) is 28.4 Å². The van der Waals surface area contributed by atoms with Crippen LogP contribution in [0.4, 0.5) is 11.5 Å². The molecule has 0 aromatic carbocycles. The summed E-state index contributed by atoms with van der Waals surface area (Å²) in [5.41, 5.74) is 0.0182. The first-order valence-electron chi connectivity index (χ1n) is 6.40. The van der Waals surface area contributed by atoms with Gasteiger partial charge >= 0.3 is 0 Å². The first-order valence-corrected chi connectivity index (χ1v) is 6.40. The van der Waals surface area contributed by atoms with E-state index in [9.17, 15) is 10.1 Å². The second-order valence-corrected chi connectivity index (χ2v) is 4.73. The van der Waals surface area contributed by atoms with Crippen LogP contribution in [0, 0.1) is 10.1 Å². The number of likely N-dealkylation sites (N-methyl/N-ethyl adjacent to an activating group) is 1. The van der Waals surface area contributed by atoms with E-state index >= 15 is 0 Å². The van der Waals surface area contributed by atoms with E-state index in [-0.39, 0.29) is 5.69 Å². The molecule has 0 unspecified atom stereocenters. The van der Waals surface area contributed by atoms with Crippen molar-refractivity contribution in [3.63, 3.8) is 0 Å². The Bertz CT molecular complexity index is 415. The van der Waals surface area contributed by atoms with Crippen LogP contribution in [0.25, 0.3) is 0 Å². The highest BCUT2D eigenvalue weighted by Crippen LogP contribution is 2.11. The zero-order chi connectivity index (χ0) is 13.7. The minimum Gasteiger partial charge on any atom is -0.369 e. The minimum absolute atomic E-state index is 0.0182. The lowest BCUT2D eigenvalue weighted by atomic mass is 10.3. The highest BCUT2D eigenvalue weighted by atomic mass is 16.6. The van der Waals surface area contributed by atoms with Crippen LogP contribution < -0.4 is 5.32 Å². The Hall–Kier alpha value is -1.73. The standard InChI is InChI=1S/C12H19N5O2/c1-15-6-8-16(9-7-15)5-4-13-12-3-2-11(10-14-12)17(18)19/h2-3,10H,4-9H2,1H3,(H,13,14). The van der Waals surface area contributed by atoms with E-state index in [0.29, 0.717) is 5.82 Å². The van der Waals surface area contributed by atoms with Gasteiger partial charge < -0.3 is 10.2 Å². The number of aromatic nitrogens is 1. The van der Waals surface area contributed by atoms with Crippen molar-refractivity contribution in [2.45, 2.75) is 0 Å². The summed E-state index contributed by atoms with van der Waals surface area (Å²) < 4.78 is 0. The summed E-state index contributed by atoms with van der Waals surface area (Å²) in [4.78, 5) is 18.8. The van der Waals surface area contributed by atoms with E-state index < -0.39 is 4.92 Å². The first-order chi connectivity index (χ1) is 9.15. The van der Waals surface area contributed by atoms with Crippen LogP contribution in [0.2, 0.25) is 0 Å². The maximum Gasteiger partial charge on any atom is 0.287 e. The van der Waals surface area contributed by atoms with E-state index in [4.69, 9.17) is 0 Å². The number of nitro groups is 1. The van der Waals surface area contributed by atoms with Crippen molar-refractivity contribution in [1.82, 2.24) is 14.8 Å². The SMILES string of the molecule is CN1CCN(CCNc2ccc([N+](=O)[O-])cn2)CC1. The molecule has 1 saturated heterocycles. The lowest BCUT2D eigenvalue weighted by molar-refractivity contribution is -0.385. The van der Waals surface area contributed by atoms with Crippen LogP contribution in [-0.4, -0.2) is 66.0 Å². The van der Waals surface area contributed by atoms with Gasteiger partial charge in [-0.05, 0) is 13.1 Å². The Morgan fingerprint density at radius 3 is 2.68 bits per heavy atom. The first kappa shape index (κ1) is 13.7. The van der Waals surface area contributed by atoms with Gasteiger partial charge in [-0.2, -0.15) is 0 Å². The topological polar surface area (TPSA) is 74.5 Å². The Kier molecular flexibility index (Phi) is 4.64. The number of piperazine rings is 1. The molecule has 0 aliphatic carbocycles. The molecular formula is C12H19N5O2. The molecule has 2 rings (SSSR count). The van der Waals surface area contributed by atoms with Crippen LogP contribution in [0.3, 0.4) is 0 Å². The number of nitrogens with one attached hydrogen (secondary N) is 1. The molecule has 1 aliphatic rings. The average Bonchev–Trinajstić information content (AvgIpc) is 2.41. The molecule has 0 saturated carbocycles. The van der Waals surface area contributed by atoms with Gasteiger partial charge in [-0.25, -0.2) is 4.98 Å². The summed E-state index contributed by atoms with van der Waals surface area (Å²) >= 11 is 0. The van der Waals surface area contributed by atoms with Gasteiger partial charge in [0.15, 0.2) is 0 Å². The highest BCUT2D eigenvalue weighted by Gasteiger charge is 2.12. The van der Waals surface area contributed by atoms with Crippen LogP contribution in [-0.2, 0) is 0 Å². The second-order valence-electron chi connectivity index (χ2n) is 4.73. The third-order valence-corrected chi connectivity index (χ3v) is 3.29. The monoisotopic (exact) mass is 265 g/mol. The molecule has 1 N–H and O–H groups in total. The highest BCUT2D eigenvalue weighted by molar-refractivity contribution is 5.39. The van der Waals surface area contributed by atoms with Gasteiger partial charge in [-0.1, -0.05) is 0 Å². The maximum atomic E-state index is 10.5. The van der Waals surface area contributed by atoms with E-state index in [1.807, 2.05) is 0 Å². The largest absolute Gasteiger partial charge is 0.369 e. The lowest BCUT2D eigenvalue weighted by Crippen LogP contribution is -2.45. The number of nitrogens with zero attached hydrogens (tertiary/aromatic N) is 4. The molecule has 0 radical (unpaired) electrons. The third-order valence-electron chi connectivity index (χ3n) is 3.29. The molecule has 19 heavy (non-hydrogen) atoms. The molecule has 2 heterocycles.